The van der Waals surface area contributed by atoms with Crippen molar-refractivity contribution >= 4 is 43.1 Å². The zero-order valence-corrected chi connectivity index (χ0v) is 27.2. The van der Waals surface area contributed by atoms with Crippen LogP contribution in [0.25, 0.3) is 87.6 Å². The van der Waals surface area contributed by atoms with Crippen LogP contribution >= 0.6 is 0 Å². The molecule has 0 heterocycles. The number of rotatable bonds is 4. The lowest BCUT2D eigenvalue weighted by atomic mass is 9.82. The molecule has 0 aliphatic rings. The second kappa shape index (κ2) is 12.0. The third-order valence-corrected chi connectivity index (χ3v) is 9.94. The minimum absolute atomic E-state index is 0.295. The highest BCUT2D eigenvalue weighted by Gasteiger charge is 2.30. The van der Waals surface area contributed by atoms with Gasteiger partial charge in [-0.2, -0.15) is 13.2 Å². The maximum atomic E-state index is 14.0. The quantitative estimate of drug-likeness (QED) is 0.129. The van der Waals surface area contributed by atoms with Crippen molar-refractivity contribution in [1.29, 1.82) is 0 Å². The molecule has 0 N–H and O–H groups in total. The van der Waals surface area contributed by atoms with Gasteiger partial charge < -0.3 is 0 Å². The predicted molar refractivity (Wildman–Crippen MR) is 203 cm³/mol. The fourth-order valence-electron chi connectivity index (χ4n) is 7.57. The van der Waals surface area contributed by atoms with Crippen molar-refractivity contribution in [3.8, 4) is 44.5 Å². The van der Waals surface area contributed by atoms with Crippen LogP contribution in [0.1, 0.15) is 5.56 Å². The Morgan fingerprint density at radius 2 is 0.784 bits per heavy atom. The van der Waals surface area contributed by atoms with E-state index in [1.165, 1.54) is 24.3 Å². The predicted octanol–water partition coefficient (Wildman–Crippen LogP) is 14.1. The van der Waals surface area contributed by atoms with Crippen LogP contribution < -0.4 is 0 Å². The Morgan fingerprint density at radius 1 is 0.333 bits per heavy atom. The minimum Gasteiger partial charge on any atom is -0.207 e. The van der Waals surface area contributed by atoms with Gasteiger partial charge in [0.25, 0.3) is 0 Å². The first-order valence-corrected chi connectivity index (χ1v) is 16.8. The minimum atomic E-state index is -4.46. The van der Waals surface area contributed by atoms with E-state index in [-0.39, 0.29) is 5.82 Å². The topological polar surface area (TPSA) is 0 Å². The summed E-state index contributed by atoms with van der Waals surface area (Å²) >= 11 is 0. The van der Waals surface area contributed by atoms with Crippen LogP contribution in [-0.4, -0.2) is 0 Å². The maximum absolute atomic E-state index is 14.0. The van der Waals surface area contributed by atoms with Gasteiger partial charge in [-0.3, -0.25) is 0 Å². The molecule has 0 atom stereocenters. The molecule has 0 radical (unpaired) electrons. The van der Waals surface area contributed by atoms with Crippen molar-refractivity contribution in [1.82, 2.24) is 0 Å². The highest BCUT2D eigenvalue weighted by atomic mass is 19.4. The van der Waals surface area contributed by atoms with Gasteiger partial charge in [0.05, 0.1) is 5.56 Å². The standard InChI is InChI=1S/C47H28F4/c48-36-22-18-29(19-23-36)33-20-24-41-43(27-33)45(39-16-6-10-30-8-1-3-14-37(30)39)42-25-21-34(32-12-5-13-35(26-32)47(49,50)51)28-44(42)46(41)40-17-7-11-31-9-2-4-15-38(31)40/h1-28H. The molecule has 0 aliphatic carbocycles. The molecule has 4 heteroatoms. The molecule has 9 aromatic rings. The fourth-order valence-corrected chi connectivity index (χ4v) is 7.57. The van der Waals surface area contributed by atoms with E-state index in [9.17, 15) is 17.6 Å². The molecule has 0 bridgehead atoms. The van der Waals surface area contributed by atoms with E-state index < -0.39 is 11.7 Å². The maximum Gasteiger partial charge on any atom is 0.416 e. The zero-order chi connectivity index (χ0) is 34.7. The molecule has 0 aromatic heterocycles. The molecule has 9 rings (SSSR count). The third-order valence-electron chi connectivity index (χ3n) is 9.94. The second-order valence-electron chi connectivity index (χ2n) is 12.9. The smallest absolute Gasteiger partial charge is 0.207 e. The summed E-state index contributed by atoms with van der Waals surface area (Å²) in [5.74, 6) is -0.295. The third kappa shape index (κ3) is 5.32. The van der Waals surface area contributed by atoms with Crippen molar-refractivity contribution < 1.29 is 17.6 Å². The molecular weight excluding hydrogens is 641 g/mol. The lowest BCUT2D eigenvalue weighted by molar-refractivity contribution is -0.137. The summed E-state index contributed by atoms with van der Waals surface area (Å²) in [4.78, 5) is 0. The molecule has 0 fully saturated rings. The van der Waals surface area contributed by atoms with Gasteiger partial charge in [0.1, 0.15) is 5.82 Å². The van der Waals surface area contributed by atoms with E-state index in [1.54, 1.807) is 18.2 Å². The van der Waals surface area contributed by atoms with Gasteiger partial charge in [-0.15, -0.1) is 0 Å². The summed E-state index contributed by atoms with van der Waals surface area (Å²) in [6, 6.07) is 53.6. The zero-order valence-electron chi connectivity index (χ0n) is 27.2. The molecule has 0 nitrogen and oxygen atoms in total. The highest BCUT2D eigenvalue weighted by molar-refractivity contribution is 6.26. The van der Waals surface area contributed by atoms with Gasteiger partial charge in [0.15, 0.2) is 0 Å². The van der Waals surface area contributed by atoms with Gasteiger partial charge in [0.2, 0.25) is 0 Å². The van der Waals surface area contributed by atoms with E-state index >= 15 is 0 Å². The number of hydrogen-bond acceptors (Lipinski definition) is 0. The molecule has 51 heavy (non-hydrogen) atoms. The van der Waals surface area contributed by atoms with Crippen molar-refractivity contribution in [2.45, 2.75) is 6.18 Å². The molecule has 0 saturated carbocycles. The van der Waals surface area contributed by atoms with Crippen LogP contribution in [0, 0.1) is 5.82 Å². The van der Waals surface area contributed by atoms with Gasteiger partial charge in [-0.05, 0) is 124 Å². The molecule has 0 amide bonds. The summed E-state index contributed by atoms with van der Waals surface area (Å²) in [6.07, 6.45) is -4.46. The summed E-state index contributed by atoms with van der Waals surface area (Å²) in [6.45, 7) is 0. The fraction of sp³-hybridized carbons (Fsp3) is 0.0213. The van der Waals surface area contributed by atoms with Crippen molar-refractivity contribution in [3.63, 3.8) is 0 Å². The first-order chi connectivity index (χ1) is 24.8. The van der Waals surface area contributed by atoms with E-state index in [1.807, 2.05) is 36.4 Å². The van der Waals surface area contributed by atoms with Gasteiger partial charge in [-0.1, -0.05) is 133 Å². The van der Waals surface area contributed by atoms with Gasteiger partial charge in [0, 0.05) is 0 Å². The number of halogens is 4. The van der Waals surface area contributed by atoms with Crippen LogP contribution in [-0.2, 0) is 6.18 Å². The molecule has 9 aromatic carbocycles. The lowest BCUT2D eigenvalue weighted by Crippen LogP contribution is -2.04. The van der Waals surface area contributed by atoms with Crippen LogP contribution in [0.15, 0.2) is 170 Å². The van der Waals surface area contributed by atoms with Crippen LogP contribution in [0.3, 0.4) is 0 Å². The summed E-state index contributed by atoms with van der Waals surface area (Å²) in [7, 11) is 0. The Morgan fingerprint density at radius 3 is 1.33 bits per heavy atom. The van der Waals surface area contributed by atoms with Crippen LogP contribution in [0.2, 0.25) is 0 Å². The largest absolute Gasteiger partial charge is 0.416 e. The van der Waals surface area contributed by atoms with E-state index in [4.69, 9.17) is 0 Å². The number of hydrogen-bond donors (Lipinski definition) is 0. The van der Waals surface area contributed by atoms with Gasteiger partial charge in [-0.25, -0.2) is 4.39 Å². The van der Waals surface area contributed by atoms with Crippen molar-refractivity contribution in [2.24, 2.45) is 0 Å². The number of alkyl halides is 3. The Kier molecular flexibility index (Phi) is 7.22. The van der Waals surface area contributed by atoms with Crippen molar-refractivity contribution in [2.75, 3.05) is 0 Å². The molecule has 0 unspecified atom stereocenters. The first-order valence-electron chi connectivity index (χ1n) is 16.8. The number of fused-ring (bicyclic) bond motifs is 4. The van der Waals surface area contributed by atoms with Gasteiger partial charge >= 0.3 is 6.18 Å². The van der Waals surface area contributed by atoms with Crippen molar-refractivity contribution in [3.05, 3.63) is 181 Å². The summed E-state index contributed by atoms with van der Waals surface area (Å²) in [5, 5.41) is 8.31. The normalized spacial score (nSPS) is 11.9. The summed E-state index contributed by atoms with van der Waals surface area (Å²) in [5.41, 5.74) is 6.47. The average Bonchev–Trinajstić information content (AvgIpc) is 3.16. The van der Waals surface area contributed by atoms with Crippen LogP contribution in [0.4, 0.5) is 17.6 Å². The van der Waals surface area contributed by atoms with E-state index in [0.717, 1.165) is 82.5 Å². The Bertz CT molecular complexity index is 2780. The van der Waals surface area contributed by atoms with Crippen LogP contribution in [0.5, 0.6) is 0 Å². The SMILES string of the molecule is Fc1ccc(-c2ccc3c(-c4cccc5ccccc45)c4cc(-c5cccc(C(F)(F)F)c5)ccc4c(-c4cccc5ccccc45)c3c2)cc1. The summed E-state index contributed by atoms with van der Waals surface area (Å²) < 4.78 is 55.6. The van der Waals surface area contributed by atoms with E-state index in [0.29, 0.717) is 11.1 Å². The molecule has 0 spiro atoms. The second-order valence-corrected chi connectivity index (χ2v) is 12.9. The molecule has 244 valence electrons. The van der Waals surface area contributed by atoms with E-state index in [2.05, 4.69) is 84.9 Å². The Balaban J connectivity index is 1.46. The molecule has 0 aliphatic heterocycles. The lowest BCUT2D eigenvalue weighted by Gasteiger charge is -2.21. The average molecular weight is 669 g/mol. The Hall–Kier alpha value is -6.26. The molecular formula is C47H28F4. The Labute approximate surface area is 291 Å². The first kappa shape index (κ1) is 30.8. The monoisotopic (exact) mass is 668 g/mol. The number of benzene rings is 9. The highest BCUT2D eigenvalue weighted by Crippen LogP contribution is 2.48. The molecule has 0 saturated heterocycles.